The Hall–Kier alpha value is -2.17. The quantitative estimate of drug-likeness (QED) is 0.404. The van der Waals surface area contributed by atoms with Gasteiger partial charge in [0.25, 0.3) is 10.1 Å². The largest absolute Gasteiger partial charge is 0.388 e. The third kappa shape index (κ3) is 7.91. The van der Waals surface area contributed by atoms with Crippen LogP contribution in [0.2, 0.25) is 0 Å². The molecule has 2 heterocycles. The van der Waals surface area contributed by atoms with Crippen molar-refractivity contribution in [2.75, 3.05) is 43.1 Å². The Morgan fingerprint density at radius 3 is 2.39 bits per heavy atom. The van der Waals surface area contributed by atoms with Gasteiger partial charge in [0, 0.05) is 62.6 Å². The van der Waals surface area contributed by atoms with Gasteiger partial charge in [0.05, 0.1) is 16.6 Å². The number of nitrogens with zero attached hydrogens (tertiary/aromatic N) is 1. The summed E-state index contributed by atoms with van der Waals surface area (Å²) >= 11 is 0. The van der Waals surface area contributed by atoms with Gasteiger partial charge in [0.15, 0.2) is 0 Å². The van der Waals surface area contributed by atoms with E-state index in [4.69, 9.17) is 9.29 Å². The molecule has 2 aromatic rings. The maximum Gasteiger partial charge on any atom is 0.294 e. The molecule has 4 rings (SSSR count). The molecule has 0 aromatic heterocycles. The van der Waals surface area contributed by atoms with Crippen molar-refractivity contribution < 1.29 is 27.9 Å². The van der Waals surface area contributed by atoms with Crippen molar-refractivity contribution in [3.63, 3.8) is 0 Å². The number of ether oxygens (including phenoxy) is 1. The van der Waals surface area contributed by atoms with Crippen LogP contribution in [-0.2, 0) is 21.3 Å². The molecule has 0 bridgehead atoms. The molecule has 1 fully saturated rings. The maximum absolute atomic E-state index is 11.3. The average molecular weight is 521 g/mol. The van der Waals surface area contributed by atoms with Crippen LogP contribution in [0.25, 0.3) is 0 Å². The highest BCUT2D eigenvalue weighted by atomic mass is 32.2. The number of nitrogens with one attached hydrogen (secondary N) is 1. The van der Waals surface area contributed by atoms with E-state index in [-0.39, 0.29) is 4.90 Å². The third-order valence-electron chi connectivity index (χ3n) is 6.65. The number of benzene rings is 2. The normalized spacial score (nSPS) is 19.3. The summed E-state index contributed by atoms with van der Waals surface area (Å²) in [6.07, 6.45) is 1.86. The van der Waals surface area contributed by atoms with Crippen LogP contribution in [0.15, 0.2) is 47.4 Å². The first kappa shape index (κ1) is 28.4. The molecule has 0 radical (unpaired) electrons. The second-order valence-corrected chi connectivity index (χ2v) is 11.5. The van der Waals surface area contributed by atoms with Gasteiger partial charge in [0.1, 0.15) is 0 Å². The second-order valence-electron chi connectivity index (χ2n) is 10.1. The van der Waals surface area contributed by atoms with Gasteiger partial charge in [-0.2, -0.15) is 8.42 Å². The van der Waals surface area contributed by atoms with Crippen LogP contribution in [0.4, 0.5) is 11.4 Å². The number of hydrogen-bond acceptors (Lipinski definition) is 7. The van der Waals surface area contributed by atoms with E-state index in [1.54, 1.807) is 6.07 Å². The van der Waals surface area contributed by atoms with Crippen LogP contribution in [0.3, 0.4) is 0 Å². The van der Waals surface area contributed by atoms with Crippen LogP contribution in [0, 0.1) is 5.92 Å². The number of anilines is 2. The van der Waals surface area contributed by atoms with E-state index in [1.807, 2.05) is 4.90 Å². The zero-order chi connectivity index (χ0) is 26.3. The van der Waals surface area contributed by atoms with Gasteiger partial charge in [0.2, 0.25) is 0 Å². The van der Waals surface area contributed by atoms with Crippen LogP contribution in [0.1, 0.15) is 57.3 Å². The van der Waals surface area contributed by atoms with Crippen LogP contribution >= 0.6 is 0 Å². The lowest BCUT2D eigenvalue weighted by Crippen LogP contribution is -2.48. The van der Waals surface area contributed by atoms with Gasteiger partial charge >= 0.3 is 0 Å². The first-order valence-electron chi connectivity index (χ1n) is 12.7. The Labute approximate surface area is 215 Å². The average Bonchev–Trinajstić information content (AvgIpc) is 2.85. The molecule has 200 valence electrons. The smallest absolute Gasteiger partial charge is 0.294 e. The number of aliphatic hydroxyl groups excluding tert-OH is 1. The minimum Gasteiger partial charge on any atom is -0.388 e. The van der Waals surface area contributed by atoms with Gasteiger partial charge in [-0.05, 0) is 54.7 Å². The van der Waals surface area contributed by atoms with Crippen molar-refractivity contribution in [2.45, 2.75) is 63.1 Å². The molecule has 36 heavy (non-hydrogen) atoms. The summed E-state index contributed by atoms with van der Waals surface area (Å²) in [5.74, 6) is 0.700. The molecule has 0 amide bonds. The number of aryl methyl sites for hydroxylation is 1. The molecule has 0 saturated carbocycles. The van der Waals surface area contributed by atoms with E-state index in [0.717, 1.165) is 13.0 Å². The topological polar surface area (TPSA) is 119 Å². The van der Waals surface area contributed by atoms with Crippen molar-refractivity contribution >= 4 is 21.5 Å². The van der Waals surface area contributed by atoms with E-state index in [1.165, 1.54) is 23.4 Å². The molecular weight excluding hydrogens is 480 g/mol. The zero-order valence-corrected chi connectivity index (χ0v) is 22.3. The Morgan fingerprint density at radius 2 is 1.81 bits per heavy atom. The minimum atomic E-state index is -4.31. The van der Waals surface area contributed by atoms with E-state index in [0.29, 0.717) is 62.7 Å². The number of fused-ring (bicyclic) bond motifs is 1. The fourth-order valence-electron chi connectivity index (χ4n) is 4.41. The Kier molecular flexibility index (Phi) is 9.77. The molecule has 1 unspecified atom stereocenters. The first-order chi connectivity index (χ1) is 17.0. The summed E-state index contributed by atoms with van der Waals surface area (Å²) in [6, 6.07) is 12.9. The van der Waals surface area contributed by atoms with Crippen LogP contribution in [0.5, 0.6) is 0 Å². The van der Waals surface area contributed by atoms with E-state index in [9.17, 15) is 18.6 Å². The molecule has 2 aromatic carbocycles. The highest BCUT2D eigenvalue weighted by Crippen LogP contribution is 2.37. The van der Waals surface area contributed by atoms with Crippen molar-refractivity contribution in [1.82, 2.24) is 0 Å². The summed E-state index contributed by atoms with van der Waals surface area (Å²) in [5.41, 5.74) is 2.93. The fourth-order valence-corrected chi connectivity index (χ4v) is 4.93. The monoisotopic (exact) mass is 520 g/mol. The third-order valence-corrected chi connectivity index (χ3v) is 7.50. The number of rotatable bonds is 7. The molecule has 2 aliphatic rings. The predicted molar refractivity (Wildman–Crippen MR) is 142 cm³/mol. The molecule has 8 nitrogen and oxygen atoms in total. The van der Waals surface area contributed by atoms with Crippen molar-refractivity contribution in [3.8, 4) is 0 Å². The molecule has 2 aliphatic heterocycles. The molecule has 9 heteroatoms. The first-order valence-corrected chi connectivity index (χ1v) is 14.1. The highest BCUT2D eigenvalue weighted by molar-refractivity contribution is 7.85. The molecule has 0 spiro atoms. The highest BCUT2D eigenvalue weighted by Gasteiger charge is 2.35. The van der Waals surface area contributed by atoms with Crippen LogP contribution in [-0.4, -0.2) is 61.6 Å². The molecule has 4 N–H and O–H groups in total. The number of β-amino-alcohol motifs (C(OH)–C–C–N with tert-alkyl or cyclic N) is 1. The SMILES string of the molecule is CCc1ccc(NCC(C)C)cc1.O=S(=O)(O)c1ccc2c(c1)C(O)CCN2CC1(O)CCOCC1. The summed E-state index contributed by atoms with van der Waals surface area (Å²) in [6.45, 7) is 9.66. The lowest BCUT2D eigenvalue weighted by Gasteiger charge is -2.41. The van der Waals surface area contributed by atoms with Gasteiger partial charge in [-0.15, -0.1) is 0 Å². The van der Waals surface area contributed by atoms with Crippen molar-refractivity contribution in [1.29, 1.82) is 0 Å². The van der Waals surface area contributed by atoms with Gasteiger partial charge < -0.3 is 25.2 Å². The standard InChI is InChI=1S/C15H21NO6S.C12H19N/c17-14-3-6-16(10-15(18)4-7-22-8-5-15)13-2-1-11(9-12(13)14)23(19,20)21;1-4-11-5-7-12(8-6-11)13-9-10(2)3/h1-2,9,14,17-18H,3-8,10H2,(H,19,20,21);5-8,10,13H,4,9H2,1-3H3. The number of hydrogen-bond donors (Lipinski definition) is 4. The van der Waals surface area contributed by atoms with Crippen molar-refractivity contribution in [2.24, 2.45) is 5.92 Å². The Balaban J connectivity index is 0.000000236. The predicted octanol–water partition coefficient (Wildman–Crippen LogP) is 4.04. The molecule has 1 atom stereocenters. The van der Waals surface area contributed by atoms with E-state index >= 15 is 0 Å². The summed E-state index contributed by atoms with van der Waals surface area (Å²) in [7, 11) is -4.31. The maximum atomic E-state index is 11.3. The Bertz CT molecular complexity index is 1080. The fraction of sp³-hybridized carbons (Fsp3) is 0.556. The summed E-state index contributed by atoms with van der Waals surface area (Å²) in [4.78, 5) is 1.73. The van der Waals surface area contributed by atoms with Gasteiger partial charge in [-0.1, -0.05) is 32.9 Å². The van der Waals surface area contributed by atoms with Crippen molar-refractivity contribution in [3.05, 3.63) is 53.6 Å². The lowest BCUT2D eigenvalue weighted by molar-refractivity contribution is -0.0582. The summed E-state index contributed by atoms with van der Waals surface area (Å²) < 4.78 is 37.0. The molecule has 0 aliphatic carbocycles. The van der Waals surface area contributed by atoms with E-state index < -0.39 is 21.8 Å². The lowest BCUT2D eigenvalue weighted by atomic mass is 9.91. The second kappa shape index (κ2) is 12.4. The molecular formula is C27H40N2O6S. The molecule has 1 saturated heterocycles. The zero-order valence-electron chi connectivity index (χ0n) is 21.5. The minimum absolute atomic E-state index is 0.234. The number of aliphatic hydroxyl groups is 2. The summed E-state index contributed by atoms with van der Waals surface area (Å²) in [5, 5.41) is 24.2. The van der Waals surface area contributed by atoms with Gasteiger partial charge in [-0.3, -0.25) is 4.55 Å². The Morgan fingerprint density at radius 1 is 1.14 bits per heavy atom. The van der Waals surface area contributed by atoms with Gasteiger partial charge in [-0.25, -0.2) is 0 Å². The van der Waals surface area contributed by atoms with E-state index in [2.05, 4.69) is 50.4 Å². The van der Waals surface area contributed by atoms with Crippen LogP contribution < -0.4 is 10.2 Å².